The molecule has 10 aromatic rings. The number of hydrogen-bond acceptors (Lipinski definition) is 20. The molecule has 25 nitrogen and oxygen atoms in total. The Morgan fingerprint density at radius 3 is 1.08 bits per heavy atom. The summed E-state index contributed by atoms with van der Waals surface area (Å²) in [6.45, 7) is 27.7. The number of phosphoric ester groups is 1. The van der Waals surface area contributed by atoms with Crippen molar-refractivity contribution in [2.24, 2.45) is 29.6 Å². The lowest BCUT2D eigenvalue weighted by molar-refractivity contribution is 0.156. The third-order valence-electron chi connectivity index (χ3n) is 22.5. The van der Waals surface area contributed by atoms with Gasteiger partial charge in [0.15, 0.2) is 0 Å². The SMILES string of the molecule is Cc1cc2nccc(N3CCC(CO)CC3)c2cc1C.Cc1cc2nccc(N3CCC(CP(=O)(O)O)CC3)c2cc1C.Cc1cc2ncnc(Cl)c2cc1C.Cc1cc2ncnc(N3CCC(COP(=O)(O)O)CC3)c2cc1C.Cc1cc2ncnc(N3CCC(COP(O)(O)=S)CC3)c2cc1C.OCC1CCNCC1. The predicted molar refractivity (Wildman–Crippen MR) is 454 cm³/mol. The van der Waals surface area contributed by atoms with E-state index >= 15 is 0 Å². The smallest absolute Gasteiger partial charge is 0.396 e. The van der Waals surface area contributed by atoms with E-state index in [1.54, 1.807) is 12.7 Å². The van der Waals surface area contributed by atoms with Crippen LogP contribution < -0.4 is 24.9 Å². The number of piperidine rings is 5. The lowest BCUT2D eigenvalue weighted by Gasteiger charge is -2.34. The van der Waals surface area contributed by atoms with E-state index < -0.39 is 22.1 Å². The molecule has 30 heteroatoms. The standard InChI is InChI=1S/C17H23N2O3P.C17H22N2O.C16H22N3O4P.C16H22N3O3PS.C10H9ClN2.C6H13NO/c1-12-9-15-16(10-13(12)2)18-6-3-17(15)19-7-4-14(5-8-19)11-23(20,21)22;1-12-9-15-16(10-13(12)2)18-6-3-17(15)19-7-4-14(11-20)5-8-19;1-11-7-14-15(8-12(11)2)17-10-18-16(14)19-5-3-13(4-6-19)9-23-24(20,21)22;1-11-7-14-15(8-12(11)2)17-10-18-16(14)19-5-3-13(4-6-19)9-22-23(20,21)24;1-6-3-8-9(4-7(6)2)12-5-13-10(8)11;8-5-6-1-3-7-4-2-6/h3,6,9-10,14H,4-5,7-8,11H2,1-2H3,(H2,20,21,22);3,6,9-10,14,20H,4-5,7-8,11H2,1-2H3;7-8,10,13H,3-6,9H2,1-2H3,(H2,20,21,22);7-8,10,13H,3-6,9H2,1-2H3,(H2,20,21,24);3-5H,1-2H3;6-8H,1-5H2. The zero-order valence-electron chi connectivity index (χ0n) is 66.1. The van der Waals surface area contributed by atoms with Crippen molar-refractivity contribution in [3.05, 3.63) is 165 Å². The largest absolute Gasteiger partial charge is 0.469 e. The Bertz CT molecular complexity index is 4850. The molecule has 0 aliphatic carbocycles. The second-order valence-electron chi connectivity index (χ2n) is 30.7. The molecular formula is C82H111ClN13O12P3S. The Morgan fingerprint density at radius 2 is 0.714 bits per heavy atom. The van der Waals surface area contributed by atoms with Gasteiger partial charge in [0, 0.05) is 116 Å². The zero-order chi connectivity index (χ0) is 80.6. The van der Waals surface area contributed by atoms with Crippen LogP contribution in [0.1, 0.15) is 120 Å². The van der Waals surface area contributed by atoms with E-state index in [9.17, 15) is 24.0 Å². The van der Waals surface area contributed by atoms with Crippen molar-refractivity contribution in [3.8, 4) is 0 Å². The molecule has 0 atom stereocenters. The maximum atomic E-state index is 11.2. The monoisotopic (exact) mass is 1630 g/mol. The second-order valence-corrected chi connectivity index (χ2v) is 36.6. The van der Waals surface area contributed by atoms with Crippen LogP contribution in [0.3, 0.4) is 0 Å². The van der Waals surface area contributed by atoms with Gasteiger partial charge in [0.25, 0.3) is 0 Å². The van der Waals surface area contributed by atoms with E-state index in [4.69, 9.17) is 40.8 Å². The van der Waals surface area contributed by atoms with Gasteiger partial charge in [0.1, 0.15) is 35.8 Å². The summed E-state index contributed by atoms with van der Waals surface area (Å²) in [6, 6.07) is 25.4. The summed E-state index contributed by atoms with van der Waals surface area (Å²) in [7, 11) is -8.29. The minimum atomic E-state index is -4.38. The molecule has 0 amide bonds. The average molecular weight is 1630 g/mol. The number of aromatic nitrogens is 8. The van der Waals surface area contributed by atoms with Crippen molar-refractivity contribution >= 4 is 123 Å². The van der Waals surface area contributed by atoms with Gasteiger partial charge >= 0.3 is 22.1 Å². The van der Waals surface area contributed by atoms with E-state index in [1.807, 2.05) is 30.6 Å². The average Bonchev–Trinajstić information content (AvgIpc) is 0.809. The number of benzene rings is 5. The number of fused-ring (bicyclic) bond motifs is 5. The molecule has 5 aliphatic heterocycles. The third kappa shape index (κ3) is 24.8. The molecule has 112 heavy (non-hydrogen) atoms. The number of aryl methyl sites for hydroxylation is 10. The van der Waals surface area contributed by atoms with E-state index in [0.29, 0.717) is 42.7 Å². The molecule has 0 unspecified atom stereocenters. The topological polar surface area (TPSA) is 343 Å². The molecule has 5 aliphatic rings. The van der Waals surface area contributed by atoms with Gasteiger partial charge in [-0.2, -0.15) is 0 Å². The molecule has 5 saturated heterocycles. The number of aliphatic hydroxyl groups excluding tert-OH is 2. The van der Waals surface area contributed by atoms with Crippen LogP contribution in [0.5, 0.6) is 0 Å². The summed E-state index contributed by atoms with van der Waals surface area (Å²) < 4.78 is 31.6. The fourth-order valence-corrected chi connectivity index (χ4v) is 17.1. The van der Waals surface area contributed by atoms with Crippen LogP contribution in [0, 0.1) is 98.8 Å². The van der Waals surface area contributed by atoms with Crippen LogP contribution in [0.2, 0.25) is 5.15 Å². The van der Waals surface area contributed by atoms with Gasteiger partial charge in [-0.1, -0.05) is 11.6 Å². The van der Waals surface area contributed by atoms with Gasteiger partial charge in [0.05, 0.1) is 47.0 Å². The zero-order valence-corrected chi connectivity index (χ0v) is 70.3. The molecule has 5 fully saturated rings. The van der Waals surface area contributed by atoms with E-state index in [0.717, 1.165) is 190 Å². The second kappa shape index (κ2) is 40.1. The number of phosphoric acid groups is 1. The normalized spacial score (nSPS) is 16.6. The maximum absolute atomic E-state index is 11.2. The summed E-state index contributed by atoms with van der Waals surface area (Å²) in [5.41, 5.74) is 19.8. The Morgan fingerprint density at radius 1 is 0.402 bits per heavy atom. The van der Waals surface area contributed by atoms with E-state index in [1.165, 1.54) is 78.7 Å². The summed E-state index contributed by atoms with van der Waals surface area (Å²) in [5, 5.41) is 27.1. The molecule has 10 heterocycles. The highest BCUT2D eigenvalue weighted by Crippen LogP contribution is 2.43. The first-order chi connectivity index (χ1) is 53.3. The lowest BCUT2D eigenvalue weighted by Crippen LogP contribution is -2.35. The number of rotatable bonds is 14. The maximum Gasteiger partial charge on any atom is 0.469 e. The molecule has 15 rings (SSSR count). The van der Waals surface area contributed by atoms with Gasteiger partial charge in [0.2, 0.25) is 0 Å². The highest BCUT2D eigenvalue weighted by atomic mass is 35.5. The Balaban J connectivity index is 0.000000146. The van der Waals surface area contributed by atoms with Crippen molar-refractivity contribution in [2.45, 2.75) is 133 Å². The first kappa shape index (κ1) is 87.5. The Labute approximate surface area is 667 Å². The first-order valence-corrected chi connectivity index (χ1v) is 45.0. The van der Waals surface area contributed by atoms with Crippen LogP contribution >= 0.6 is 33.7 Å². The highest BCUT2D eigenvalue weighted by Gasteiger charge is 2.30. The van der Waals surface area contributed by atoms with Crippen molar-refractivity contribution < 1.29 is 57.8 Å². The lowest BCUT2D eigenvalue weighted by atomic mass is 9.96. The molecule has 0 bridgehead atoms. The minimum Gasteiger partial charge on any atom is -0.396 e. The molecule has 0 spiro atoms. The van der Waals surface area contributed by atoms with Crippen molar-refractivity contribution in [1.82, 2.24) is 45.2 Å². The summed E-state index contributed by atoms with van der Waals surface area (Å²) >= 11 is 10.4. The van der Waals surface area contributed by atoms with Gasteiger partial charge in [-0.05, 0) is 316 Å². The number of aliphatic hydroxyl groups is 2. The first-order valence-electron chi connectivity index (χ1n) is 38.7. The Kier molecular flexibility index (Phi) is 31.3. The fraction of sp³-hybridized carbons (Fsp3) is 0.488. The molecule has 9 N–H and O–H groups in total. The predicted octanol–water partition coefficient (Wildman–Crippen LogP) is 14.4. The van der Waals surface area contributed by atoms with Crippen molar-refractivity contribution in [3.63, 3.8) is 0 Å². The van der Waals surface area contributed by atoms with E-state index in [-0.39, 0.29) is 24.6 Å². The molecule has 604 valence electrons. The number of nitrogens with one attached hydrogen (secondary N) is 1. The molecule has 5 aromatic heterocycles. The quantitative estimate of drug-likeness (QED) is 0.0361. The van der Waals surface area contributed by atoms with Crippen LogP contribution in [-0.2, 0) is 30.0 Å². The summed E-state index contributed by atoms with van der Waals surface area (Å²) in [4.78, 5) is 98.3. The highest BCUT2D eigenvalue weighted by molar-refractivity contribution is 8.06. The number of anilines is 4. The molecule has 0 saturated carbocycles. The van der Waals surface area contributed by atoms with Crippen molar-refractivity contribution in [1.29, 1.82) is 0 Å². The van der Waals surface area contributed by atoms with Crippen LogP contribution in [0.4, 0.5) is 23.0 Å². The molecular weight excluding hydrogens is 1520 g/mol. The number of nitrogens with zero attached hydrogens (tertiary/aromatic N) is 12. The van der Waals surface area contributed by atoms with Crippen molar-refractivity contribution in [2.75, 3.05) is 118 Å². The molecule has 0 radical (unpaired) electrons. The van der Waals surface area contributed by atoms with Crippen LogP contribution in [0.25, 0.3) is 54.5 Å². The van der Waals surface area contributed by atoms with Gasteiger partial charge in [-0.3, -0.25) is 19.1 Å². The van der Waals surface area contributed by atoms with Gasteiger partial charge < -0.3 is 69.0 Å². The third-order valence-corrected chi connectivity index (χ3v) is 25.1. The molecule has 5 aromatic carbocycles. The minimum absolute atomic E-state index is 0.0102. The summed E-state index contributed by atoms with van der Waals surface area (Å²) in [6.07, 6.45) is 18.0. The van der Waals surface area contributed by atoms with Crippen LogP contribution in [0.15, 0.2) is 104 Å². The fourth-order valence-electron chi connectivity index (χ4n) is 14.9. The van der Waals surface area contributed by atoms with Gasteiger partial charge in [-0.15, -0.1) is 0 Å². The van der Waals surface area contributed by atoms with Crippen LogP contribution in [-0.4, -0.2) is 177 Å². The van der Waals surface area contributed by atoms with E-state index in [2.05, 4.69) is 205 Å². The summed E-state index contributed by atoms with van der Waals surface area (Å²) in [5.74, 6) is 3.52. The number of pyridine rings is 2. The van der Waals surface area contributed by atoms with Gasteiger partial charge in [-0.25, -0.2) is 34.5 Å². The Hall–Kier alpha value is -6.90. The number of hydrogen-bond donors (Lipinski definition) is 9. The number of halogens is 1.